The third-order valence-electron chi connectivity index (χ3n) is 3.54. The van der Waals surface area contributed by atoms with Crippen molar-refractivity contribution in [1.29, 1.82) is 0 Å². The molecular formula is C12H20ClN3O2S. The Morgan fingerprint density at radius 3 is 2.79 bits per heavy atom. The predicted molar refractivity (Wildman–Crippen MR) is 74.8 cm³/mol. The van der Waals surface area contributed by atoms with Gasteiger partial charge in [-0.3, -0.25) is 4.68 Å². The highest BCUT2D eigenvalue weighted by atomic mass is 35.5. The van der Waals surface area contributed by atoms with Crippen LogP contribution in [0.25, 0.3) is 0 Å². The monoisotopic (exact) mass is 305 g/mol. The van der Waals surface area contributed by atoms with Crippen LogP contribution in [0.15, 0.2) is 17.3 Å². The molecule has 0 bridgehead atoms. The van der Waals surface area contributed by atoms with E-state index in [-0.39, 0.29) is 10.4 Å². The lowest BCUT2D eigenvalue weighted by molar-refractivity contribution is 0.291. The summed E-state index contributed by atoms with van der Waals surface area (Å²) in [5, 5.41) is 4.09. The highest BCUT2D eigenvalue weighted by Crippen LogP contribution is 2.33. The van der Waals surface area contributed by atoms with Crippen LogP contribution in [0, 0.1) is 0 Å². The largest absolute Gasteiger partial charge is 0.271 e. The molecule has 2 rings (SSSR count). The summed E-state index contributed by atoms with van der Waals surface area (Å²) in [4.78, 5) is 0.275. The Morgan fingerprint density at radius 2 is 2.21 bits per heavy atom. The summed E-state index contributed by atoms with van der Waals surface area (Å²) in [5.41, 5.74) is -0.308. The number of alkyl halides is 1. The number of rotatable bonds is 5. The predicted octanol–water partition coefficient (Wildman–Crippen LogP) is 2.08. The lowest BCUT2D eigenvalue weighted by Crippen LogP contribution is -2.42. The fraction of sp³-hybridized carbons (Fsp3) is 0.750. The van der Waals surface area contributed by atoms with E-state index in [1.54, 1.807) is 15.2 Å². The quantitative estimate of drug-likeness (QED) is 0.783. The van der Waals surface area contributed by atoms with Gasteiger partial charge >= 0.3 is 0 Å². The average molecular weight is 306 g/mol. The molecular weight excluding hydrogens is 286 g/mol. The van der Waals surface area contributed by atoms with Crippen LogP contribution in [0.3, 0.4) is 0 Å². The zero-order valence-electron chi connectivity index (χ0n) is 11.3. The Bertz CT molecular complexity index is 539. The highest BCUT2D eigenvalue weighted by Gasteiger charge is 2.41. The summed E-state index contributed by atoms with van der Waals surface area (Å²) in [5.74, 6) is 0.543. The summed E-state index contributed by atoms with van der Waals surface area (Å²) in [6, 6.07) is 0. The molecule has 1 aromatic rings. The SMILES string of the molecule is CC1(C)CCCN1S(=O)(=O)c1cnn(CCCCl)c1. The van der Waals surface area contributed by atoms with Crippen molar-refractivity contribution >= 4 is 21.6 Å². The minimum atomic E-state index is -3.43. The first kappa shape index (κ1) is 14.8. The minimum Gasteiger partial charge on any atom is -0.271 e. The smallest absolute Gasteiger partial charge is 0.246 e. The first-order chi connectivity index (χ1) is 8.88. The summed E-state index contributed by atoms with van der Waals surface area (Å²) >= 11 is 5.62. The van der Waals surface area contributed by atoms with Crippen LogP contribution in [0.2, 0.25) is 0 Å². The molecule has 0 spiro atoms. The number of aromatic nitrogens is 2. The lowest BCUT2D eigenvalue weighted by Gasteiger charge is -2.29. The van der Waals surface area contributed by atoms with Crippen molar-refractivity contribution in [3.05, 3.63) is 12.4 Å². The molecule has 1 saturated heterocycles. The zero-order valence-corrected chi connectivity index (χ0v) is 12.9. The molecule has 0 aliphatic carbocycles. The van der Waals surface area contributed by atoms with E-state index in [1.165, 1.54) is 6.20 Å². The van der Waals surface area contributed by atoms with Gasteiger partial charge in [-0.15, -0.1) is 11.6 Å². The normalized spacial score (nSPS) is 19.9. The Hall–Kier alpha value is -0.590. The summed E-state index contributed by atoms with van der Waals surface area (Å²) in [6.07, 6.45) is 5.60. The number of aryl methyl sites for hydroxylation is 1. The molecule has 0 aromatic carbocycles. The second kappa shape index (κ2) is 5.42. The van der Waals surface area contributed by atoms with Crippen LogP contribution in [-0.4, -0.2) is 40.5 Å². The Morgan fingerprint density at radius 1 is 1.47 bits per heavy atom. The van der Waals surface area contributed by atoms with Crippen molar-refractivity contribution in [2.45, 2.75) is 50.1 Å². The molecule has 1 aliphatic rings. The number of sulfonamides is 1. The van der Waals surface area contributed by atoms with Gasteiger partial charge in [0.1, 0.15) is 4.90 Å². The number of halogens is 1. The fourth-order valence-corrected chi connectivity index (χ4v) is 4.40. The molecule has 0 unspecified atom stereocenters. The van der Waals surface area contributed by atoms with E-state index in [9.17, 15) is 8.42 Å². The Labute approximate surface area is 119 Å². The van der Waals surface area contributed by atoms with Gasteiger partial charge in [-0.05, 0) is 33.1 Å². The fourth-order valence-electron chi connectivity index (χ4n) is 2.48. The maximum atomic E-state index is 12.6. The number of hydrogen-bond donors (Lipinski definition) is 0. The molecule has 0 radical (unpaired) electrons. The van der Waals surface area contributed by atoms with Gasteiger partial charge in [0.2, 0.25) is 10.0 Å². The third-order valence-corrected chi connectivity index (χ3v) is 5.87. The second-order valence-electron chi connectivity index (χ2n) is 5.47. The highest BCUT2D eigenvalue weighted by molar-refractivity contribution is 7.89. The van der Waals surface area contributed by atoms with Crippen molar-refractivity contribution in [3.63, 3.8) is 0 Å². The molecule has 1 fully saturated rings. The first-order valence-corrected chi connectivity index (χ1v) is 8.47. The van der Waals surface area contributed by atoms with Crippen molar-refractivity contribution in [1.82, 2.24) is 14.1 Å². The van der Waals surface area contributed by atoms with Gasteiger partial charge in [-0.2, -0.15) is 9.40 Å². The zero-order chi connectivity index (χ0) is 14.1. The van der Waals surface area contributed by atoms with Crippen molar-refractivity contribution < 1.29 is 8.42 Å². The van der Waals surface area contributed by atoms with Crippen LogP contribution in [-0.2, 0) is 16.6 Å². The Balaban J connectivity index is 2.22. The van der Waals surface area contributed by atoms with Gasteiger partial charge in [-0.25, -0.2) is 8.42 Å². The molecule has 19 heavy (non-hydrogen) atoms. The molecule has 0 atom stereocenters. The van der Waals surface area contributed by atoms with Crippen molar-refractivity contribution in [2.24, 2.45) is 0 Å². The van der Waals surface area contributed by atoms with Crippen LogP contribution < -0.4 is 0 Å². The van der Waals surface area contributed by atoms with Crippen LogP contribution in [0.1, 0.15) is 33.1 Å². The maximum absolute atomic E-state index is 12.6. The lowest BCUT2D eigenvalue weighted by atomic mass is 10.0. The molecule has 2 heterocycles. The molecule has 0 N–H and O–H groups in total. The second-order valence-corrected chi connectivity index (χ2v) is 7.72. The van der Waals surface area contributed by atoms with E-state index in [2.05, 4.69) is 5.10 Å². The van der Waals surface area contributed by atoms with Crippen LogP contribution in [0.5, 0.6) is 0 Å². The van der Waals surface area contributed by atoms with Gasteiger partial charge in [-0.1, -0.05) is 0 Å². The topological polar surface area (TPSA) is 55.2 Å². The average Bonchev–Trinajstić information content (AvgIpc) is 2.92. The number of hydrogen-bond acceptors (Lipinski definition) is 3. The van der Waals surface area contributed by atoms with Gasteiger partial charge in [0.05, 0.1) is 6.20 Å². The molecule has 0 amide bonds. The van der Waals surface area contributed by atoms with Gasteiger partial charge < -0.3 is 0 Å². The van der Waals surface area contributed by atoms with Crippen molar-refractivity contribution in [3.8, 4) is 0 Å². The molecule has 7 heteroatoms. The third kappa shape index (κ3) is 2.95. The molecule has 0 saturated carbocycles. The molecule has 108 valence electrons. The van der Waals surface area contributed by atoms with Gasteiger partial charge in [0.15, 0.2) is 0 Å². The van der Waals surface area contributed by atoms with Crippen LogP contribution >= 0.6 is 11.6 Å². The van der Waals surface area contributed by atoms with E-state index in [0.29, 0.717) is 19.0 Å². The first-order valence-electron chi connectivity index (χ1n) is 6.49. The van der Waals surface area contributed by atoms with E-state index in [0.717, 1.165) is 19.3 Å². The summed E-state index contributed by atoms with van der Waals surface area (Å²) in [7, 11) is -3.43. The van der Waals surface area contributed by atoms with Gasteiger partial charge in [0, 0.05) is 30.7 Å². The molecule has 5 nitrogen and oxygen atoms in total. The molecule has 1 aromatic heterocycles. The molecule has 1 aliphatic heterocycles. The van der Waals surface area contributed by atoms with E-state index in [1.807, 2.05) is 13.8 Å². The van der Waals surface area contributed by atoms with Gasteiger partial charge in [0.25, 0.3) is 0 Å². The maximum Gasteiger partial charge on any atom is 0.246 e. The van der Waals surface area contributed by atoms with Crippen molar-refractivity contribution in [2.75, 3.05) is 12.4 Å². The van der Waals surface area contributed by atoms with E-state index in [4.69, 9.17) is 11.6 Å². The standard InChI is InChI=1S/C12H20ClN3O2S/c1-12(2)5-3-8-16(12)19(17,18)11-9-14-15(10-11)7-4-6-13/h9-10H,3-8H2,1-2H3. The van der Waals surface area contributed by atoms with E-state index >= 15 is 0 Å². The van der Waals surface area contributed by atoms with Crippen LogP contribution in [0.4, 0.5) is 0 Å². The van der Waals surface area contributed by atoms with E-state index < -0.39 is 10.0 Å². The minimum absolute atomic E-state index is 0.275. The Kier molecular flexibility index (Phi) is 4.23. The summed E-state index contributed by atoms with van der Waals surface area (Å²) in [6.45, 7) is 5.16. The summed E-state index contributed by atoms with van der Waals surface area (Å²) < 4.78 is 28.4. The number of nitrogens with zero attached hydrogens (tertiary/aromatic N) is 3.